The molecule has 5 aromatic rings. The molecule has 0 radical (unpaired) electrons. The maximum atomic E-state index is 13.4. The van der Waals surface area contributed by atoms with Crippen molar-refractivity contribution in [1.29, 1.82) is 0 Å². The summed E-state index contributed by atoms with van der Waals surface area (Å²) in [4.78, 5) is 46.8. The first-order chi connectivity index (χ1) is 18.2. The summed E-state index contributed by atoms with van der Waals surface area (Å²) >= 11 is 0. The normalized spacial score (nSPS) is 13.8. The van der Waals surface area contributed by atoms with Crippen LogP contribution >= 0.6 is 0 Å². The number of amides is 1. The van der Waals surface area contributed by atoms with Crippen molar-refractivity contribution >= 4 is 39.2 Å². The Morgan fingerprint density at radius 1 is 0.946 bits per heavy atom. The molecule has 0 atom stereocenters. The lowest BCUT2D eigenvalue weighted by molar-refractivity contribution is -0.126. The molecule has 3 aromatic heterocycles. The Bertz CT molecular complexity index is 1620. The van der Waals surface area contributed by atoms with Crippen LogP contribution in [0.25, 0.3) is 32.9 Å². The molecule has 37 heavy (non-hydrogen) atoms. The number of nitrogens with zero attached hydrogens (tertiary/aromatic N) is 5. The van der Waals surface area contributed by atoms with E-state index in [9.17, 15) is 9.59 Å². The first kappa shape index (κ1) is 22.7. The van der Waals surface area contributed by atoms with Crippen molar-refractivity contribution in [3.05, 3.63) is 79.0 Å². The van der Waals surface area contributed by atoms with E-state index in [2.05, 4.69) is 37.0 Å². The van der Waals surface area contributed by atoms with Crippen LogP contribution in [0.3, 0.4) is 0 Å². The molecule has 0 aliphatic carbocycles. The van der Waals surface area contributed by atoms with E-state index in [0.29, 0.717) is 48.5 Å². The van der Waals surface area contributed by atoms with Gasteiger partial charge in [0.15, 0.2) is 0 Å². The van der Waals surface area contributed by atoms with E-state index in [-0.39, 0.29) is 5.56 Å². The maximum absolute atomic E-state index is 13.4. The fourth-order valence-electron chi connectivity index (χ4n) is 4.95. The maximum Gasteiger partial charge on any atom is 0.295 e. The average molecular weight is 493 g/mol. The van der Waals surface area contributed by atoms with Gasteiger partial charge in [-0.3, -0.25) is 19.6 Å². The minimum Gasteiger partial charge on any atom is -0.496 e. The van der Waals surface area contributed by atoms with Crippen LogP contribution in [0, 0.1) is 0 Å². The molecule has 1 amide bonds. The Labute approximate surface area is 212 Å². The summed E-state index contributed by atoms with van der Waals surface area (Å²) in [7, 11) is 1.54. The lowest BCUT2D eigenvalue weighted by Gasteiger charge is -2.35. The molecule has 1 aliphatic rings. The number of pyridine rings is 1. The number of hydrogen-bond donors (Lipinski definition) is 1. The first-order valence-electron chi connectivity index (χ1n) is 12.0. The average Bonchev–Trinajstić information content (AvgIpc) is 3.41. The van der Waals surface area contributed by atoms with E-state index in [4.69, 9.17) is 4.74 Å². The van der Waals surface area contributed by atoms with E-state index in [1.165, 1.54) is 0 Å². The van der Waals surface area contributed by atoms with E-state index < -0.39 is 11.7 Å². The smallest absolute Gasteiger partial charge is 0.295 e. The van der Waals surface area contributed by atoms with Crippen LogP contribution < -0.4 is 9.64 Å². The number of ketones is 1. The van der Waals surface area contributed by atoms with E-state index in [0.717, 1.165) is 22.2 Å². The number of carbonyl (C=O) groups is 2. The molecule has 0 bridgehead atoms. The van der Waals surface area contributed by atoms with E-state index in [1.807, 2.05) is 24.3 Å². The number of nitrogens with one attached hydrogen (secondary N) is 1. The van der Waals surface area contributed by atoms with Crippen molar-refractivity contribution in [3.63, 3.8) is 0 Å². The Morgan fingerprint density at radius 2 is 1.78 bits per heavy atom. The summed E-state index contributed by atoms with van der Waals surface area (Å²) in [5.74, 6) is 0.303. The number of methoxy groups -OCH3 is 1. The van der Waals surface area contributed by atoms with Gasteiger partial charge in [0.25, 0.3) is 11.7 Å². The summed E-state index contributed by atoms with van der Waals surface area (Å²) in [6, 6.07) is 13.7. The second-order valence-corrected chi connectivity index (χ2v) is 8.82. The van der Waals surface area contributed by atoms with Crippen molar-refractivity contribution in [3.8, 4) is 17.0 Å². The first-order valence-corrected chi connectivity index (χ1v) is 12.0. The lowest BCUT2D eigenvalue weighted by Crippen LogP contribution is -2.50. The highest BCUT2D eigenvalue weighted by Crippen LogP contribution is 2.36. The topological polar surface area (TPSA) is 104 Å². The molecule has 4 heterocycles. The van der Waals surface area contributed by atoms with Gasteiger partial charge >= 0.3 is 0 Å². The van der Waals surface area contributed by atoms with Gasteiger partial charge in [0, 0.05) is 61.9 Å². The number of benzene rings is 2. The summed E-state index contributed by atoms with van der Waals surface area (Å²) in [5, 5.41) is 2.75. The number of ether oxygens (including phenoxy) is 1. The van der Waals surface area contributed by atoms with Crippen LogP contribution in [0.5, 0.6) is 5.75 Å². The summed E-state index contributed by atoms with van der Waals surface area (Å²) < 4.78 is 5.54. The van der Waals surface area contributed by atoms with Crippen LogP contribution in [0.1, 0.15) is 10.4 Å². The zero-order valence-electron chi connectivity index (χ0n) is 20.2. The van der Waals surface area contributed by atoms with Crippen LogP contribution in [0.15, 0.2) is 73.4 Å². The molecule has 0 unspecified atom stereocenters. The second-order valence-electron chi connectivity index (χ2n) is 8.82. The monoisotopic (exact) mass is 492 g/mol. The molecular formula is C28H24N6O3. The second kappa shape index (κ2) is 9.34. The molecule has 9 nitrogen and oxygen atoms in total. The Balaban J connectivity index is 1.25. The van der Waals surface area contributed by atoms with Crippen LogP contribution in [0.2, 0.25) is 0 Å². The molecule has 2 aromatic carbocycles. The number of aromatic amines is 1. The van der Waals surface area contributed by atoms with Gasteiger partial charge in [-0.05, 0) is 23.6 Å². The van der Waals surface area contributed by atoms with Crippen molar-refractivity contribution in [2.75, 3.05) is 38.2 Å². The molecule has 9 heteroatoms. The van der Waals surface area contributed by atoms with Crippen LogP contribution in [-0.2, 0) is 4.79 Å². The van der Waals surface area contributed by atoms with Crippen molar-refractivity contribution < 1.29 is 14.3 Å². The number of piperazine rings is 1. The molecule has 184 valence electrons. The number of aromatic nitrogens is 4. The quantitative estimate of drug-likeness (QED) is 0.295. The SMILES string of the molecule is COc1ccc(-c2cnccn2)c2[nH]cc(C(=O)C(=O)N3CCN(c4nccc5ccccc45)CC3)c12. The summed E-state index contributed by atoms with van der Waals surface area (Å²) in [6.45, 7) is 2.04. The van der Waals surface area contributed by atoms with Gasteiger partial charge in [-0.2, -0.15) is 0 Å². The number of fused-ring (bicyclic) bond motifs is 2. The van der Waals surface area contributed by atoms with E-state index >= 15 is 0 Å². The fraction of sp³-hybridized carbons (Fsp3) is 0.179. The minimum absolute atomic E-state index is 0.278. The zero-order chi connectivity index (χ0) is 25.4. The molecule has 0 spiro atoms. The minimum atomic E-state index is -0.572. The highest BCUT2D eigenvalue weighted by molar-refractivity contribution is 6.45. The number of anilines is 1. The van der Waals surface area contributed by atoms with Crippen molar-refractivity contribution in [2.24, 2.45) is 0 Å². The molecule has 1 N–H and O–H groups in total. The third-order valence-electron chi connectivity index (χ3n) is 6.81. The van der Waals surface area contributed by atoms with E-state index in [1.54, 1.807) is 49.1 Å². The molecule has 0 saturated carbocycles. The number of H-pyrrole nitrogens is 1. The number of Topliss-reactive ketones (excluding diaryl/α,β-unsaturated/α-hetero) is 1. The molecule has 1 aliphatic heterocycles. The number of rotatable bonds is 5. The van der Waals surface area contributed by atoms with Gasteiger partial charge < -0.3 is 19.5 Å². The summed E-state index contributed by atoms with van der Waals surface area (Å²) in [6.07, 6.45) is 8.24. The van der Waals surface area contributed by atoms with Gasteiger partial charge in [0.05, 0.1) is 35.5 Å². The van der Waals surface area contributed by atoms with Crippen LogP contribution in [0.4, 0.5) is 5.82 Å². The zero-order valence-corrected chi connectivity index (χ0v) is 20.2. The lowest BCUT2D eigenvalue weighted by atomic mass is 10.0. The fourth-order valence-corrected chi connectivity index (χ4v) is 4.95. The van der Waals surface area contributed by atoms with Crippen molar-refractivity contribution in [2.45, 2.75) is 0 Å². The number of hydrogen-bond acceptors (Lipinski definition) is 7. The third-order valence-corrected chi connectivity index (χ3v) is 6.81. The van der Waals surface area contributed by atoms with Gasteiger partial charge in [-0.1, -0.05) is 24.3 Å². The van der Waals surface area contributed by atoms with Crippen molar-refractivity contribution in [1.82, 2.24) is 24.8 Å². The molecular weight excluding hydrogens is 468 g/mol. The molecule has 1 fully saturated rings. The standard InChI is InChI=1S/C28H24N6O3/c1-37-23-7-6-20(22-17-29-10-11-30-22)25-24(23)21(16-32-25)26(35)28(36)34-14-12-33(13-15-34)27-19-5-3-2-4-18(19)8-9-31-27/h2-11,16-17,32H,12-15H2,1H3. The van der Waals surface area contributed by atoms with Gasteiger partial charge in [-0.15, -0.1) is 0 Å². The predicted octanol–water partition coefficient (Wildman–Crippen LogP) is 3.71. The largest absolute Gasteiger partial charge is 0.496 e. The molecule has 6 rings (SSSR count). The predicted molar refractivity (Wildman–Crippen MR) is 141 cm³/mol. The van der Waals surface area contributed by atoms with Gasteiger partial charge in [0.1, 0.15) is 11.6 Å². The summed E-state index contributed by atoms with van der Waals surface area (Å²) in [5.41, 5.74) is 2.37. The van der Waals surface area contributed by atoms with Gasteiger partial charge in [-0.25, -0.2) is 4.98 Å². The Morgan fingerprint density at radius 3 is 2.57 bits per heavy atom. The Kier molecular flexibility index (Phi) is 5.72. The number of carbonyl (C=O) groups excluding carboxylic acids is 2. The highest BCUT2D eigenvalue weighted by atomic mass is 16.5. The van der Waals surface area contributed by atoms with Gasteiger partial charge in [0.2, 0.25) is 0 Å². The highest BCUT2D eigenvalue weighted by Gasteiger charge is 2.30. The van der Waals surface area contributed by atoms with Crippen LogP contribution in [-0.4, -0.2) is 69.8 Å². The molecule has 1 saturated heterocycles. The Hall–Kier alpha value is -4.79. The third kappa shape index (κ3) is 3.94.